The third kappa shape index (κ3) is 5.32. The van der Waals surface area contributed by atoms with Crippen molar-refractivity contribution in [1.82, 2.24) is 10.2 Å². The van der Waals surface area contributed by atoms with E-state index in [1.165, 1.54) is 5.56 Å². The van der Waals surface area contributed by atoms with Crippen molar-refractivity contribution >= 4 is 5.91 Å². The van der Waals surface area contributed by atoms with Crippen LogP contribution >= 0.6 is 0 Å². The molecule has 1 aromatic rings. The minimum atomic E-state index is -0.497. The van der Waals surface area contributed by atoms with Gasteiger partial charge in [-0.05, 0) is 42.9 Å². The average Bonchev–Trinajstić information content (AvgIpc) is 2.60. The summed E-state index contributed by atoms with van der Waals surface area (Å²) in [4.78, 5) is 14.4. The van der Waals surface area contributed by atoms with E-state index in [0.29, 0.717) is 12.5 Å². The number of nitrogens with zero attached hydrogens (tertiary/aromatic N) is 1. The summed E-state index contributed by atoms with van der Waals surface area (Å²) in [6, 6.07) is 8.24. The summed E-state index contributed by atoms with van der Waals surface area (Å²) in [5.41, 5.74) is 2.24. The van der Waals surface area contributed by atoms with Crippen molar-refractivity contribution < 1.29 is 9.90 Å². The highest BCUT2D eigenvalue weighted by Gasteiger charge is 2.26. The van der Waals surface area contributed by atoms with Crippen molar-refractivity contribution in [1.29, 1.82) is 0 Å². The van der Waals surface area contributed by atoms with Crippen LogP contribution in [0.3, 0.4) is 0 Å². The fraction of sp³-hybridized carbons (Fsp3) is 0.650. The van der Waals surface area contributed by atoms with Gasteiger partial charge >= 0.3 is 0 Å². The molecule has 134 valence electrons. The molecule has 0 radical (unpaired) electrons. The van der Waals surface area contributed by atoms with Crippen LogP contribution in [-0.2, 0) is 4.79 Å². The van der Waals surface area contributed by atoms with E-state index in [-0.39, 0.29) is 11.8 Å². The fourth-order valence-electron chi connectivity index (χ4n) is 3.28. The van der Waals surface area contributed by atoms with Gasteiger partial charge in [0.05, 0.1) is 12.0 Å². The molecule has 0 spiro atoms. The van der Waals surface area contributed by atoms with Gasteiger partial charge in [0.15, 0.2) is 0 Å². The van der Waals surface area contributed by atoms with E-state index in [4.69, 9.17) is 0 Å². The summed E-state index contributed by atoms with van der Waals surface area (Å²) in [6.07, 6.45) is 2.44. The first-order valence-electron chi connectivity index (χ1n) is 9.29. The van der Waals surface area contributed by atoms with Crippen LogP contribution in [0.5, 0.6) is 0 Å². The molecule has 1 fully saturated rings. The van der Waals surface area contributed by atoms with E-state index >= 15 is 0 Å². The first kappa shape index (κ1) is 18.9. The number of nitrogens with one attached hydrogen (secondary N) is 1. The number of aliphatic hydroxyl groups excluding tert-OH is 1. The molecular weight excluding hydrogens is 300 g/mol. The van der Waals surface area contributed by atoms with E-state index in [1.807, 2.05) is 12.1 Å². The molecule has 1 aliphatic heterocycles. The third-order valence-electron chi connectivity index (χ3n) is 4.84. The molecule has 2 N–H and O–H groups in total. The van der Waals surface area contributed by atoms with E-state index in [9.17, 15) is 9.90 Å². The monoisotopic (exact) mass is 332 g/mol. The van der Waals surface area contributed by atoms with Crippen LogP contribution in [0.15, 0.2) is 24.3 Å². The highest BCUT2D eigenvalue weighted by molar-refractivity contribution is 5.78. The Morgan fingerprint density at radius 1 is 1.29 bits per heavy atom. The molecular formula is C20H32N2O2. The van der Waals surface area contributed by atoms with Crippen LogP contribution in [0.2, 0.25) is 0 Å². The van der Waals surface area contributed by atoms with E-state index in [1.54, 1.807) is 0 Å². The zero-order chi connectivity index (χ0) is 17.5. The number of carbonyl (C=O) groups is 1. The zero-order valence-electron chi connectivity index (χ0n) is 15.3. The van der Waals surface area contributed by atoms with Gasteiger partial charge in [-0.3, -0.25) is 9.69 Å². The maximum absolute atomic E-state index is 12.2. The second-order valence-corrected chi connectivity index (χ2v) is 7.23. The molecule has 1 aliphatic rings. The lowest BCUT2D eigenvalue weighted by molar-refractivity contribution is -0.126. The number of carbonyl (C=O) groups excluding carboxylic acids is 1. The van der Waals surface area contributed by atoms with Gasteiger partial charge in [-0.2, -0.15) is 0 Å². The van der Waals surface area contributed by atoms with Crippen molar-refractivity contribution in [3.63, 3.8) is 0 Å². The van der Waals surface area contributed by atoms with Gasteiger partial charge in [-0.15, -0.1) is 0 Å². The number of hydrogen-bond acceptors (Lipinski definition) is 3. The SMILES string of the molecule is CCCNC(=O)[C@H]1CCCN(C[C@@H](O)c2ccc(C(C)C)cc2)C1. The van der Waals surface area contributed by atoms with Crippen molar-refractivity contribution in [2.75, 3.05) is 26.2 Å². The van der Waals surface area contributed by atoms with Crippen LogP contribution in [0.1, 0.15) is 63.2 Å². The Morgan fingerprint density at radius 2 is 1.96 bits per heavy atom. The van der Waals surface area contributed by atoms with E-state index < -0.39 is 6.10 Å². The first-order chi connectivity index (χ1) is 11.5. The van der Waals surface area contributed by atoms with Gasteiger partial charge in [-0.1, -0.05) is 45.0 Å². The molecule has 2 rings (SSSR count). The molecule has 1 saturated heterocycles. The number of hydrogen-bond donors (Lipinski definition) is 2. The van der Waals surface area contributed by atoms with Gasteiger partial charge < -0.3 is 10.4 Å². The quantitative estimate of drug-likeness (QED) is 0.807. The van der Waals surface area contributed by atoms with Crippen LogP contribution in [0.25, 0.3) is 0 Å². The maximum atomic E-state index is 12.2. The number of piperidine rings is 1. The lowest BCUT2D eigenvalue weighted by atomic mass is 9.96. The summed E-state index contributed by atoms with van der Waals surface area (Å²) in [5.74, 6) is 0.721. The highest BCUT2D eigenvalue weighted by atomic mass is 16.3. The normalized spacial score (nSPS) is 20.1. The first-order valence-corrected chi connectivity index (χ1v) is 9.29. The molecule has 0 bridgehead atoms. The van der Waals surface area contributed by atoms with Gasteiger partial charge in [-0.25, -0.2) is 0 Å². The lowest BCUT2D eigenvalue weighted by Crippen LogP contribution is -2.44. The summed E-state index contributed by atoms with van der Waals surface area (Å²) in [7, 11) is 0. The Hall–Kier alpha value is -1.39. The van der Waals surface area contributed by atoms with Crippen molar-refractivity contribution in [3.05, 3.63) is 35.4 Å². The number of benzene rings is 1. The van der Waals surface area contributed by atoms with Crippen molar-refractivity contribution in [2.24, 2.45) is 5.92 Å². The second-order valence-electron chi connectivity index (χ2n) is 7.23. The molecule has 4 heteroatoms. The Balaban J connectivity index is 1.88. The molecule has 1 heterocycles. The Kier molecular flexibility index (Phi) is 7.25. The fourth-order valence-corrected chi connectivity index (χ4v) is 3.28. The average molecular weight is 332 g/mol. The predicted molar refractivity (Wildman–Crippen MR) is 98.0 cm³/mol. The third-order valence-corrected chi connectivity index (χ3v) is 4.84. The topological polar surface area (TPSA) is 52.6 Å². The van der Waals surface area contributed by atoms with Crippen LogP contribution in [0.4, 0.5) is 0 Å². The summed E-state index contributed by atoms with van der Waals surface area (Å²) in [5, 5.41) is 13.5. The standard InChI is InChI=1S/C20H32N2O2/c1-4-11-21-20(24)18-6-5-12-22(13-18)14-19(23)17-9-7-16(8-10-17)15(2)3/h7-10,15,18-19,23H,4-6,11-14H2,1-3H3,(H,21,24)/t18-,19+/m0/s1. The Morgan fingerprint density at radius 3 is 2.58 bits per heavy atom. The zero-order valence-corrected chi connectivity index (χ0v) is 15.3. The molecule has 24 heavy (non-hydrogen) atoms. The maximum Gasteiger partial charge on any atom is 0.224 e. The number of amides is 1. The second kappa shape index (κ2) is 9.19. The summed E-state index contributed by atoms with van der Waals surface area (Å²) < 4.78 is 0. The van der Waals surface area contributed by atoms with Crippen molar-refractivity contribution in [3.8, 4) is 0 Å². The predicted octanol–water partition coefficient (Wildman–Crippen LogP) is 3.08. The number of aliphatic hydroxyl groups is 1. The lowest BCUT2D eigenvalue weighted by Gasteiger charge is -2.33. The van der Waals surface area contributed by atoms with Gasteiger partial charge in [0.2, 0.25) is 5.91 Å². The molecule has 0 saturated carbocycles. The number of rotatable bonds is 7. The summed E-state index contributed by atoms with van der Waals surface area (Å²) in [6.45, 7) is 9.45. The molecule has 0 aromatic heterocycles. The van der Waals surface area contributed by atoms with E-state index in [0.717, 1.165) is 44.5 Å². The van der Waals surface area contributed by atoms with Gasteiger partial charge in [0.25, 0.3) is 0 Å². The Bertz CT molecular complexity index is 513. The summed E-state index contributed by atoms with van der Waals surface area (Å²) >= 11 is 0. The molecule has 4 nitrogen and oxygen atoms in total. The molecule has 1 aromatic carbocycles. The van der Waals surface area contributed by atoms with E-state index in [2.05, 4.69) is 43.1 Å². The van der Waals surface area contributed by atoms with Gasteiger partial charge in [0.1, 0.15) is 0 Å². The number of β-amino-alcohol motifs (C(OH)–C–C–N with tert-alkyl or cyclic N) is 1. The largest absolute Gasteiger partial charge is 0.387 e. The molecule has 2 atom stereocenters. The van der Waals surface area contributed by atoms with Crippen LogP contribution in [-0.4, -0.2) is 42.1 Å². The van der Waals surface area contributed by atoms with Gasteiger partial charge in [0, 0.05) is 19.6 Å². The minimum absolute atomic E-state index is 0.0563. The molecule has 0 unspecified atom stereocenters. The highest BCUT2D eigenvalue weighted by Crippen LogP contribution is 2.22. The van der Waals surface area contributed by atoms with Crippen LogP contribution in [0, 0.1) is 5.92 Å². The Labute approximate surface area is 146 Å². The van der Waals surface area contributed by atoms with Crippen molar-refractivity contribution in [2.45, 2.75) is 52.1 Å². The smallest absolute Gasteiger partial charge is 0.224 e. The molecule has 0 aliphatic carbocycles. The molecule has 1 amide bonds. The van der Waals surface area contributed by atoms with Crippen LogP contribution < -0.4 is 5.32 Å². The minimum Gasteiger partial charge on any atom is -0.387 e. The number of likely N-dealkylation sites (tertiary alicyclic amines) is 1.